The molecule has 1 fully saturated rings. The number of allylic oxidation sites excluding steroid dienone is 4. The maximum absolute atomic E-state index is 3.36. The number of rotatable bonds is 2. The molecule has 2 heteroatoms. The van der Waals surface area contributed by atoms with Gasteiger partial charge in [-0.2, -0.15) is 0 Å². The zero-order valence-corrected chi connectivity index (χ0v) is 13.2. The molecule has 106 valence electrons. The van der Waals surface area contributed by atoms with Crippen molar-refractivity contribution in [2.45, 2.75) is 59.9 Å². The zero-order valence-electron chi connectivity index (χ0n) is 13.2. The van der Waals surface area contributed by atoms with Crippen molar-refractivity contribution in [3.05, 3.63) is 23.4 Å². The lowest BCUT2D eigenvalue weighted by atomic mass is 10.0. The van der Waals surface area contributed by atoms with Crippen LogP contribution in [0.15, 0.2) is 23.4 Å². The van der Waals surface area contributed by atoms with E-state index >= 15 is 0 Å². The van der Waals surface area contributed by atoms with Crippen LogP contribution in [-0.2, 0) is 0 Å². The molecular weight excluding hydrogens is 220 g/mol. The summed E-state index contributed by atoms with van der Waals surface area (Å²) in [6.07, 6.45) is 8.34. The van der Waals surface area contributed by atoms with Gasteiger partial charge in [0.15, 0.2) is 0 Å². The Balaban J connectivity index is 0.000000659. The predicted octanol–water partition coefficient (Wildman–Crippen LogP) is 3.96. The molecule has 1 N–H and O–H groups in total. The summed E-state index contributed by atoms with van der Waals surface area (Å²) in [5.74, 6) is 0. The van der Waals surface area contributed by atoms with E-state index in [0.29, 0.717) is 6.04 Å². The molecule has 2 aliphatic rings. The third-order valence-corrected chi connectivity index (χ3v) is 3.34. The molecule has 1 saturated heterocycles. The highest BCUT2D eigenvalue weighted by atomic mass is 15.2. The molecule has 1 atom stereocenters. The molecule has 2 rings (SSSR count). The van der Waals surface area contributed by atoms with Crippen molar-refractivity contribution in [3.8, 4) is 0 Å². The summed E-state index contributed by atoms with van der Waals surface area (Å²) >= 11 is 0. The van der Waals surface area contributed by atoms with Crippen LogP contribution in [-0.4, -0.2) is 31.1 Å². The topological polar surface area (TPSA) is 15.3 Å². The van der Waals surface area contributed by atoms with Gasteiger partial charge in [0.2, 0.25) is 0 Å². The number of nitrogens with zero attached hydrogens (tertiary/aromatic N) is 1. The largest absolute Gasteiger partial charge is 0.373 e. The first-order valence-corrected chi connectivity index (χ1v) is 7.58. The van der Waals surface area contributed by atoms with Crippen molar-refractivity contribution in [1.82, 2.24) is 10.2 Å². The number of hydrogen-bond donors (Lipinski definition) is 1. The normalized spacial score (nSPS) is 22.1. The minimum absolute atomic E-state index is 0.697. The molecule has 0 spiro atoms. The zero-order chi connectivity index (χ0) is 14.0. The molecule has 0 saturated carbocycles. The van der Waals surface area contributed by atoms with E-state index in [1.165, 1.54) is 43.6 Å². The molecule has 0 bridgehead atoms. The van der Waals surface area contributed by atoms with Gasteiger partial charge in [0.25, 0.3) is 0 Å². The van der Waals surface area contributed by atoms with Crippen molar-refractivity contribution in [2.24, 2.45) is 0 Å². The quantitative estimate of drug-likeness (QED) is 0.800. The Morgan fingerprint density at radius 1 is 1.11 bits per heavy atom. The lowest BCUT2D eigenvalue weighted by Crippen LogP contribution is -2.29. The van der Waals surface area contributed by atoms with Crippen LogP contribution < -0.4 is 5.32 Å². The molecule has 1 aliphatic carbocycles. The molecule has 0 aromatic carbocycles. The Bertz CT molecular complexity index is 266. The molecule has 0 radical (unpaired) electrons. The van der Waals surface area contributed by atoms with Crippen molar-refractivity contribution in [3.63, 3.8) is 0 Å². The summed E-state index contributed by atoms with van der Waals surface area (Å²) in [4.78, 5) is 2.53. The standard InChI is InChI=1S/C12H20N2.2C2H6/c1-10-3-5-12(6-4-10)14-8-7-11(9-14)13-2;2*1-2/h3,5,11,13H,4,6-9H2,1-2H3;2*1-2H3/t11-;;/m1../s1. The highest BCUT2D eigenvalue weighted by molar-refractivity contribution is 5.22. The predicted molar refractivity (Wildman–Crippen MR) is 82.8 cm³/mol. The van der Waals surface area contributed by atoms with E-state index in [9.17, 15) is 0 Å². The highest BCUT2D eigenvalue weighted by Crippen LogP contribution is 2.24. The molecule has 0 amide bonds. The Morgan fingerprint density at radius 3 is 2.22 bits per heavy atom. The molecule has 1 heterocycles. The fourth-order valence-corrected chi connectivity index (χ4v) is 2.25. The smallest absolute Gasteiger partial charge is 0.0329 e. The lowest BCUT2D eigenvalue weighted by Gasteiger charge is -2.24. The van der Waals surface area contributed by atoms with Crippen molar-refractivity contribution < 1.29 is 0 Å². The van der Waals surface area contributed by atoms with Crippen molar-refractivity contribution in [2.75, 3.05) is 20.1 Å². The van der Waals surface area contributed by atoms with Crippen LogP contribution in [0.4, 0.5) is 0 Å². The van der Waals surface area contributed by atoms with Gasteiger partial charge in [0, 0.05) is 24.8 Å². The van der Waals surface area contributed by atoms with Crippen LogP contribution in [0.5, 0.6) is 0 Å². The lowest BCUT2D eigenvalue weighted by molar-refractivity contribution is 0.394. The highest BCUT2D eigenvalue weighted by Gasteiger charge is 2.22. The van der Waals surface area contributed by atoms with E-state index in [2.05, 4.69) is 36.3 Å². The summed E-state index contributed by atoms with van der Waals surface area (Å²) in [6.45, 7) is 12.6. The minimum Gasteiger partial charge on any atom is -0.373 e. The van der Waals surface area contributed by atoms with Gasteiger partial charge in [-0.05, 0) is 39.3 Å². The first kappa shape index (κ1) is 17.2. The van der Waals surface area contributed by atoms with Crippen LogP contribution in [0, 0.1) is 0 Å². The van der Waals surface area contributed by atoms with Crippen LogP contribution in [0.25, 0.3) is 0 Å². The summed E-state index contributed by atoms with van der Waals surface area (Å²) in [5.41, 5.74) is 3.05. The molecule has 2 nitrogen and oxygen atoms in total. The van der Waals surface area contributed by atoms with Gasteiger partial charge in [0.05, 0.1) is 0 Å². The Labute approximate surface area is 114 Å². The van der Waals surface area contributed by atoms with E-state index in [-0.39, 0.29) is 0 Å². The third-order valence-electron chi connectivity index (χ3n) is 3.34. The fraction of sp³-hybridized carbons (Fsp3) is 0.750. The average Bonchev–Trinajstić information content (AvgIpc) is 2.93. The van der Waals surface area contributed by atoms with Gasteiger partial charge < -0.3 is 10.2 Å². The molecule has 0 unspecified atom stereocenters. The summed E-state index contributed by atoms with van der Waals surface area (Å²) < 4.78 is 0. The van der Waals surface area contributed by atoms with Crippen LogP contribution in [0.1, 0.15) is 53.9 Å². The van der Waals surface area contributed by atoms with Gasteiger partial charge in [0.1, 0.15) is 0 Å². The minimum atomic E-state index is 0.697. The van der Waals surface area contributed by atoms with E-state index in [1.807, 2.05) is 27.7 Å². The number of likely N-dealkylation sites (tertiary alicyclic amines) is 1. The molecule has 18 heavy (non-hydrogen) atoms. The molecule has 0 aromatic rings. The van der Waals surface area contributed by atoms with E-state index in [1.54, 1.807) is 0 Å². The van der Waals surface area contributed by atoms with Gasteiger partial charge in [-0.1, -0.05) is 39.3 Å². The first-order valence-electron chi connectivity index (χ1n) is 7.58. The maximum atomic E-state index is 3.36. The SMILES string of the molecule is CC.CC.CN[C@@H]1CCN(C2=CC=C(C)CC2)C1. The number of hydrogen-bond acceptors (Lipinski definition) is 2. The second kappa shape index (κ2) is 10.2. The van der Waals surface area contributed by atoms with Gasteiger partial charge in [-0.25, -0.2) is 0 Å². The third kappa shape index (κ3) is 5.26. The van der Waals surface area contributed by atoms with Crippen molar-refractivity contribution in [1.29, 1.82) is 0 Å². The Hall–Kier alpha value is -0.760. The van der Waals surface area contributed by atoms with Crippen molar-refractivity contribution >= 4 is 0 Å². The maximum Gasteiger partial charge on any atom is 0.0329 e. The molecule has 1 aliphatic heterocycles. The molecule has 0 aromatic heterocycles. The van der Waals surface area contributed by atoms with Crippen LogP contribution in [0.2, 0.25) is 0 Å². The summed E-state index contributed by atoms with van der Waals surface area (Å²) in [7, 11) is 2.06. The summed E-state index contributed by atoms with van der Waals surface area (Å²) in [6, 6.07) is 0.697. The second-order valence-corrected chi connectivity index (χ2v) is 4.39. The first-order chi connectivity index (χ1) is 8.79. The van der Waals surface area contributed by atoms with E-state index in [0.717, 1.165) is 0 Å². The number of nitrogens with one attached hydrogen (secondary N) is 1. The summed E-state index contributed by atoms with van der Waals surface area (Å²) in [5, 5.41) is 3.36. The number of likely N-dealkylation sites (N-methyl/N-ethyl adjacent to an activating group) is 1. The van der Waals surface area contributed by atoms with Crippen LogP contribution in [0.3, 0.4) is 0 Å². The van der Waals surface area contributed by atoms with E-state index in [4.69, 9.17) is 0 Å². The average molecular weight is 252 g/mol. The Kier molecular flexibility index (Phi) is 9.76. The second-order valence-electron chi connectivity index (χ2n) is 4.39. The molecular formula is C16H32N2. The fourth-order valence-electron chi connectivity index (χ4n) is 2.25. The van der Waals surface area contributed by atoms with Gasteiger partial charge in [-0.15, -0.1) is 0 Å². The van der Waals surface area contributed by atoms with Gasteiger partial charge in [-0.3, -0.25) is 0 Å². The van der Waals surface area contributed by atoms with E-state index < -0.39 is 0 Å². The monoisotopic (exact) mass is 252 g/mol. The van der Waals surface area contributed by atoms with Crippen LogP contribution >= 0.6 is 0 Å². The Morgan fingerprint density at radius 2 is 1.78 bits per heavy atom. The van der Waals surface area contributed by atoms with Gasteiger partial charge >= 0.3 is 0 Å².